The molecule has 1 aromatic carbocycles. The monoisotopic (exact) mass is 317 g/mol. The average Bonchev–Trinajstić information content (AvgIpc) is 2.42. The van der Waals surface area contributed by atoms with E-state index in [1.165, 1.54) is 0 Å². The normalized spacial score (nSPS) is 14.7. The van der Waals surface area contributed by atoms with Gasteiger partial charge in [0.25, 0.3) is 11.8 Å². The third-order valence-corrected chi connectivity index (χ3v) is 4.05. The van der Waals surface area contributed by atoms with Gasteiger partial charge in [-0.15, -0.1) is 0 Å². The Bertz CT molecular complexity index is 594. The second-order valence-corrected chi connectivity index (χ2v) is 6.94. The number of amides is 2. The lowest BCUT2D eigenvalue weighted by Crippen LogP contribution is -2.35. The minimum Gasteiger partial charge on any atom is -0.455 e. The number of rotatable bonds is 4. The van der Waals surface area contributed by atoms with Gasteiger partial charge in [0.05, 0.1) is 5.92 Å². The first-order valence-electron chi connectivity index (χ1n) is 7.89. The largest absolute Gasteiger partial charge is 0.455 e. The molecule has 1 fully saturated rings. The van der Waals surface area contributed by atoms with Gasteiger partial charge >= 0.3 is 5.97 Å². The minimum absolute atomic E-state index is 0.000547. The van der Waals surface area contributed by atoms with E-state index < -0.39 is 18.4 Å². The van der Waals surface area contributed by atoms with Crippen molar-refractivity contribution in [1.29, 1.82) is 0 Å². The predicted molar refractivity (Wildman–Crippen MR) is 85.9 cm³/mol. The summed E-state index contributed by atoms with van der Waals surface area (Å²) in [7, 11) is 0. The Morgan fingerprint density at radius 3 is 2.22 bits per heavy atom. The van der Waals surface area contributed by atoms with Crippen LogP contribution in [0.2, 0.25) is 0 Å². The van der Waals surface area contributed by atoms with Crippen LogP contribution in [0.15, 0.2) is 24.3 Å². The summed E-state index contributed by atoms with van der Waals surface area (Å²) >= 11 is 0. The SMILES string of the molecule is CC(C)(C)c1ccc(C(=O)NC(=O)COC(=O)C2CCC2)cc1. The minimum atomic E-state index is -0.609. The molecule has 0 spiro atoms. The van der Waals surface area contributed by atoms with Gasteiger partial charge in [0.1, 0.15) is 0 Å². The topological polar surface area (TPSA) is 72.5 Å². The van der Waals surface area contributed by atoms with E-state index in [0.29, 0.717) is 5.56 Å². The smallest absolute Gasteiger partial charge is 0.309 e. The van der Waals surface area contributed by atoms with Crippen LogP contribution in [-0.2, 0) is 19.7 Å². The fourth-order valence-electron chi connectivity index (χ4n) is 2.25. The molecule has 2 rings (SSSR count). The van der Waals surface area contributed by atoms with E-state index in [1.807, 2.05) is 12.1 Å². The van der Waals surface area contributed by atoms with Crippen molar-refractivity contribution in [2.24, 2.45) is 5.92 Å². The molecule has 124 valence electrons. The zero-order chi connectivity index (χ0) is 17.0. The lowest BCUT2D eigenvalue weighted by molar-refractivity contribution is -0.154. The molecule has 2 amide bonds. The maximum absolute atomic E-state index is 12.0. The summed E-state index contributed by atoms with van der Waals surface area (Å²) in [6.07, 6.45) is 2.66. The second kappa shape index (κ2) is 6.94. The number of esters is 1. The summed E-state index contributed by atoms with van der Waals surface area (Å²) in [5.41, 5.74) is 1.51. The molecule has 1 aliphatic carbocycles. The van der Waals surface area contributed by atoms with E-state index >= 15 is 0 Å². The van der Waals surface area contributed by atoms with E-state index in [4.69, 9.17) is 4.74 Å². The fraction of sp³-hybridized carbons (Fsp3) is 0.500. The first kappa shape index (κ1) is 17.2. The number of benzene rings is 1. The Hall–Kier alpha value is -2.17. The van der Waals surface area contributed by atoms with E-state index in [1.54, 1.807) is 12.1 Å². The highest BCUT2D eigenvalue weighted by Crippen LogP contribution is 2.27. The van der Waals surface area contributed by atoms with E-state index in [2.05, 4.69) is 26.1 Å². The molecule has 0 aromatic heterocycles. The molecule has 23 heavy (non-hydrogen) atoms. The van der Waals surface area contributed by atoms with Crippen molar-refractivity contribution >= 4 is 17.8 Å². The number of nitrogens with one attached hydrogen (secondary N) is 1. The van der Waals surface area contributed by atoms with Crippen molar-refractivity contribution in [3.05, 3.63) is 35.4 Å². The molecule has 1 saturated carbocycles. The molecule has 0 unspecified atom stereocenters. The summed E-state index contributed by atoms with van der Waals surface area (Å²) in [6, 6.07) is 7.11. The van der Waals surface area contributed by atoms with Gasteiger partial charge in [0.2, 0.25) is 0 Å². The van der Waals surface area contributed by atoms with Crippen molar-refractivity contribution in [2.45, 2.75) is 45.4 Å². The molecule has 0 radical (unpaired) electrons. The van der Waals surface area contributed by atoms with Crippen LogP contribution in [0.4, 0.5) is 0 Å². The predicted octanol–water partition coefficient (Wildman–Crippen LogP) is 2.58. The average molecular weight is 317 g/mol. The molecule has 0 atom stereocenters. The van der Waals surface area contributed by atoms with E-state index in [-0.39, 0.29) is 17.3 Å². The highest BCUT2D eigenvalue weighted by atomic mass is 16.5. The molecular formula is C18H23NO4. The fourth-order valence-corrected chi connectivity index (χ4v) is 2.25. The van der Waals surface area contributed by atoms with Crippen molar-refractivity contribution in [2.75, 3.05) is 6.61 Å². The summed E-state index contributed by atoms with van der Waals surface area (Å²) in [4.78, 5) is 35.2. The Labute approximate surface area is 136 Å². The van der Waals surface area contributed by atoms with Gasteiger partial charge in [-0.2, -0.15) is 0 Å². The van der Waals surface area contributed by atoms with Gasteiger partial charge in [-0.3, -0.25) is 19.7 Å². The van der Waals surface area contributed by atoms with Crippen molar-refractivity contribution in [1.82, 2.24) is 5.32 Å². The Kier molecular flexibility index (Phi) is 5.19. The standard InChI is InChI=1S/C18H23NO4/c1-18(2,3)14-9-7-12(8-10-14)16(21)19-15(20)11-23-17(22)13-5-4-6-13/h7-10,13H,4-6,11H2,1-3H3,(H,19,20,21). The van der Waals surface area contributed by atoms with Crippen LogP contribution in [0.3, 0.4) is 0 Å². The molecule has 0 heterocycles. The Balaban J connectivity index is 1.83. The van der Waals surface area contributed by atoms with Crippen molar-refractivity contribution in [3.63, 3.8) is 0 Å². The zero-order valence-electron chi connectivity index (χ0n) is 13.8. The third kappa shape index (κ3) is 4.65. The Morgan fingerprint density at radius 2 is 1.74 bits per heavy atom. The van der Waals surface area contributed by atoms with E-state index in [9.17, 15) is 14.4 Å². The maximum atomic E-state index is 12.0. The van der Waals surface area contributed by atoms with Crippen LogP contribution in [0.25, 0.3) is 0 Å². The van der Waals surface area contributed by atoms with Crippen LogP contribution < -0.4 is 5.32 Å². The molecule has 5 nitrogen and oxygen atoms in total. The number of carbonyl (C=O) groups is 3. The second-order valence-electron chi connectivity index (χ2n) is 6.94. The first-order chi connectivity index (χ1) is 10.8. The van der Waals surface area contributed by atoms with Gasteiger partial charge in [-0.1, -0.05) is 39.3 Å². The third-order valence-electron chi connectivity index (χ3n) is 4.05. The summed E-state index contributed by atoms with van der Waals surface area (Å²) in [6.45, 7) is 5.84. The molecule has 1 N–H and O–H groups in total. The molecule has 5 heteroatoms. The number of hydrogen-bond acceptors (Lipinski definition) is 4. The molecule has 1 aliphatic rings. The van der Waals surface area contributed by atoms with Gasteiger partial charge < -0.3 is 4.74 Å². The molecular weight excluding hydrogens is 294 g/mol. The highest BCUT2D eigenvalue weighted by molar-refractivity contribution is 6.05. The highest BCUT2D eigenvalue weighted by Gasteiger charge is 2.27. The zero-order valence-corrected chi connectivity index (χ0v) is 13.8. The summed E-state index contributed by atoms with van der Waals surface area (Å²) in [5, 5.41) is 2.23. The molecule has 0 bridgehead atoms. The van der Waals surface area contributed by atoms with Gasteiger partial charge in [0, 0.05) is 5.56 Å². The lowest BCUT2D eigenvalue weighted by Gasteiger charge is -2.22. The molecule has 1 aromatic rings. The maximum Gasteiger partial charge on any atom is 0.309 e. The summed E-state index contributed by atoms with van der Waals surface area (Å²) < 4.78 is 4.91. The lowest BCUT2D eigenvalue weighted by atomic mass is 9.86. The number of imide groups is 1. The first-order valence-corrected chi connectivity index (χ1v) is 7.89. The van der Waals surface area contributed by atoms with E-state index in [0.717, 1.165) is 24.8 Å². The van der Waals surface area contributed by atoms with Gasteiger partial charge in [-0.05, 0) is 36.0 Å². The Morgan fingerprint density at radius 1 is 1.13 bits per heavy atom. The molecule has 0 saturated heterocycles. The van der Waals surface area contributed by atoms with Gasteiger partial charge in [0.15, 0.2) is 6.61 Å². The summed E-state index contributed by atoms with van der Waals surface area (Å²) in [5.74, 6) is -1.53. The van der Waals surface area contributed by atoms with Crippen LogP contribution in [-0.4, -0.2) is 24.4 Å². The number of carbonyl (C=O) groups excluding carboxylic acids is 3. The van der Waals surface area contributed by atoms with Crippen LogP contribution >= 0.6 is 0 Å². The van der Waals surface area contributed by atoms with Crippen molar-refractivity contribution in [3.8, 4) is 0 Å². The quantitative estimate of drug-likeness (QED) is 0.866. The van der Waals surface area contributed by atoms with Crippen LogP contribution in [0, 0.1) is 5.92 Å². The van der Waals surface area contributed by atoms with Gasteiger partial charge in [-0.25, -0.2) is 0 Å². The van der Waals surface area contributed by atoms with Crippen molar-refractivity contribution < 1.29 is 19.1 Å². The van der Waals surface area contributed by atoms with Crippen LogP contribution in [0.1, 0.15) is 56.0 Å². The number of hydrogen-bond donors (Lipinski definition) is 1. The molecule has 0 aliphatic heterocycles. The van der Waals surface area contributed by atoms with Crippen LogP contribution in [0.5, 0.6) is 0 Å². The number of ether oxygens (including phenoxy) is 1.